The van der Waals surface area contributed by atoms with E-state index in [1.807, 2.05) is 12.1 Å². The van der Waals surface area contributed by atoms with Crippen LogP contribution in [0.2, 0.25) is 0 Å². The van der Waals surface area contributed by atoms with E-state index in [4.69, 9.17) is 4.74 Å². The Morgan fingerprint density at radius 1 is 1.09 bits per heavy atom. The average Bonchev–Trinajstić information content (AvgIpc) is 2.49. The SMILES string of the molecule is COc1ccc(Br)cc1S(=O)(=O)Nc1ccc(C(C)C)cc1Br. The van der Waals surface area contributed by atoms with Crippen molar-refractivity contribution in [2.75, 3.05) is 11.8 Å². The van der Waals surface area contributed by atoms with Crippen LogP contribution in [0, 0.1) is 0 Å². The highest BCUT2D eigenvalue weighted by Crippen LogP contribution is 2.32. The van der Waals surface area contributed by atoms with E-state index in [2.05, 4.69) is 50.4 Å². The van der Waals surface area contributed by atoms with Gasteiger partial charge in [0.05, 0.1) is 12.8 Å². The Hall–Kier alpha value is -1.05. The van der Waals surface area contributed by atoms with Gasteiger partial charge in [-0.1, -0.05) is 35.8 Å². The molecule has 0 amide bonds. The molecular formula is C16H17Br2NO3S. The second-order valence-electron chi connectivity index (χ2n) is 5.29. The lowest BCUT2D eigenvalue weighted by atomic mass is 10.0. The van der Waals surface area contributed by atoms with Crippen LogP contribution in [0.4, 0.5) is 5.69 Å². The summed E-state index contributed by atoms with van der Waals surface area (Å²) in [6.07, 6.45) is 0. The molecule has 1 N–H and O–H groups in total. The Balaban J connectivity index is 2.41. The quantitative estimate of drug-likeness (QED) is 0.668. The fourth-order valence-electron chi connectivity index (χ4n) is 2.03. The number of sulfonamides is 1. The predicted octanol–water partition coefficient (Wildman–Crippen LogP) is 5.14. The van der Waals surface area contributed by atoms with Crippen molar-refractivity contribution >= 4 is 47.6 Å². The fraction of sp³-hybridized carbons (Fsp3) is 0.250. The Morgan fingerprint density at radius 3 is 2.35 bits per heavy atom. The Bertz CT molecular complexity index is 820. The van der Waals surface area contributed by atoms with Crippen molar-refractivity contribution in [2.24, 2.45) is 0 Å². The topological polar surface area (TPSA) is 55.4 Å². The first kappa shape index (κ1) is 18.3. The van der Waals surface area contributed by atoms with E-state index in [0.29, 0.717) is 20.6 Å². The first-order valence-corrected chi connectivity index (χ1v) is 9.97. The van der Waals surface area contributed by atoms with Crippen LogP contribution >= 0.6 is 31.9 Å². The van der Waals surface area contributed by atoms with Gasteiger partial charge < -0.3 is 4.74 Å². The summed E-state index contributed by atoms with van der Waals surface area (Å²) >= 11 is 6.71. The zero-order chi connectivity index (χ0) is 17.2. The van der Waals surface area contributed by atoms with Crippen molar-refractivity contribution in [1.29, 1.82) is 0 Å². The van der Waals surface area contributed by atoms with E-state index in [1.165, 1.54) is 13.2 Å². The largest absolute Gasteiger partial charge is 0.495 e. The van der Waals surface area contributed by atoms with Crippen LogP contribution in [0.1, 0.15) is 25.3 Å². The molecule has 0 heterocycles. The van der Waals surface area contributed by atoms with Crippen molar-refractivity contribution in [3.8, 4) is 5.75 Å². The third kappa shape index (κ3) is 4.28. The van der Waals surface area contributed by atoms with Crippen LogP contribution in [0.25, 0.3) is 0 Å². The van der Waals surface area contributed by atoms with Gasteiger partial charge in [0.15, 0.2) is 0 Å². The van der Waals surface area contributed by atoms with Crippen LogP contribution in [-0.4, -0.2) is 15.5 Å². The average molecular weight is 463 g/mol. The number of rotatable bonds is 5. The van der Waals surface area contributed by atoms with Gasteiger partial charge in [-0.3, -0.25) is 4.72 Å². The van der Waals surface area contributed by atoms with E-state index >= 15 is 0 Å². The van der Waals surface area contributed by atoms with Crippen molar-refractivity contribution in [1.82, 2.24) is 0 Å². The van der Waals surface area contributed by atoms with Gasteiger partial charge in [0, 0.05) is 8.95 Å². The summed E-state index contributed by atoms with van der Waals surface area (Å²) in [6.45, 7) is 4.16. The van der Waals surface area contributed by atoms with Crippen LogP contribution < -0.4 is 9.46 Å². The Morgan fingerprint density at radius 2 is 1.78 bits per heavy atom. The lowest BCUT2D eigenvalue weighted by Crippen LogP contribution is -2.14. The maximum Gasteiger partial charge on any atom is 0.265 e. The number of benzene rings is 2. The molecule has 0 aliphatic carbocycles. The van der Waals surface area contributed by atoms with Gasteiger partial charge in [0.2, 0.25) is 0 Å². The first-order valence-electron chi connectivity index (χ1n) is 6.90. The highest BCUT2D eigenvalue weighted by atomic mass is 79.9. The van der Waals surface area contributed by atoms with E-state index in [1.54, 1.807) is 18.2 Å². The molecule has 0 aromatic heterocycles. The molecule has 2 aromatic carbocycles. The molecule has 0 atom stereocenters. The fourth-order valence-corrected chi connectivity index (χ4v) is 4.45. The number of nitrogens with one attached hydrogen (secondary N) is 1. The van der Waals surface area contributed by atoms with Gasteiger partial charge in [-0.05, 0) is 57.7 Å². The van der Waals surface area contributed by atoms with Crippen molar-refractivity contribution < 1.29 is 13.2 Å². The summed E-state index contributed by atoms with van der Waals surface area (Å²) in [5, 5.41) is 0. The minimum atomic E-state index is -3.77. The molecule has 23 heavy (non-hydrogen) atoms. The maximum absolute atomic E-state index is 12.7. The molecular weight excluding hydrogens is 446 g/mol. The number of methoxy groups -OCH3 is 1. The summed E-state index contributed by atoms with van der Waals surface area (Å²) in [5.41, 5.74) is 1.61. The van der Waals surface area contributed by atoms with Crippen LogP contribution in [-0.2, 0) is 10.0 Å². The molecule has 0 radical (unpaired) electrons. The first-order chi connectivity index (χ1) is 10.7. The van der Waals surface area contributed by atoms with E-state index in [9.17, 15) is 8.42 Å². The molecule has 0 saturated carbocycles. The molecule has 0 aliphatic rings. The molecule has 0 spiro atoms. The lowest BCUT2D eigenvalue weighted by Gasteiger charge is -2.14. The predicted molar refractivity (Wildman–Crippen MR) is 99.7 cm³/mol. The Labute approximate surface area is 153 Å². The monoisotopic (exact) mass is 461 g/mol. The molecule has 4 nitrogen and oxygen atoms in total. The van der Waals surface area contributed by atoms with E-state index in [0.717, 1.165) is 5.56 Å². The summed E-state index contributed by atoms with van der Waals surface area (Å²) in [4.78, 5) is 0.0780. The highest BCUT2D eigenvalue weighted by molar-refractivity contribution is 9.10. The molecule has 7 heteroatoms. The van der Waals surface area contributed by atoms with Crippen LogP contribution in [0.3, 0.4) is 0 Å². The third-order valence-electron chi connectivity index (χ3n) is 3.32. The summed E-state index contributed by atoms with van der Waals surface area (Å²) in [7, 11) is -2.33. The molecule has 124 valence electrons. The van der Waals surface area contributed by atoms with E-state index < -0.39 is 10.0 Å². The molecule has 0 saturated heterocycles. The normalized spacial score (nSPS) is 11.6. The van der Waals surface area contributed by atoms with Crippen molar-refractivity contribution in [3.63, 3.8) is 0 Å². The summed E-state index contributed by atoms with van der Waals surface area (Å²) in [5.74, 6) is 0.651. The van der Waals surface area contributed by atoms with Gasteiger partial charge in [0.1, 0.15) is 10.6 Å². The number of halogens is 2. The molecule has 0 fully saturated rings. The zero-order valence-corrected chi connectivity index (χ0v) is 16.9. The molecule has 0 aliphatic heterocycles. The minimum Gasteiger partial charge on any atom is -0.495 e. The van der Waals surface area contributed by atoms with Gasteiger partial charge in [0.25, 0.3) is 10.0 Å². The number of ether oxygens (including phenoxy) is 1. The van der Waals surface area contributed by atoms with E-state index in [-0.39, 0.29) is 10.6 Å². The maximum atomic E-state index is 12.7. The van der Waals surface area contributed by atoms with Gasteiger partial charge in [-0.2, -0.15) is 0 Å². The van der Waals surface area contributed by atoms with Crippen molar-refractivity contribution in [3.05, 3.63) is 50.9 Å². The van der Waals surface area contributed by atoms with Crippen LogP contribution in [0.15, 0.2) is 50.2 Å². The summed E-state index contributed by atoms with van der Waals surface area (Å²) in [6, 6.07) is 10.4. The second kappa shape index (κ2) is 7.23. The van der Waals surface area contributed by atoms with Gasteiger partial charge >= 0.3 is 0 Å². The zero-order valence-electron chi connectivity index (χ0n) is 12.9. The molecule has 0 bridgehead atoms. The lowest BCUT2D eigenvalue weighted by molar-refractivity contribution is 0.403. The smallest absolute Gasteiger partial charge is 0.265 e. The van der Waals surface area contributed by atoms with Gasteiger partial charge in [-0.25, -0.2) is 8.42 Å². The molecule has 0 unspecified atom stereocenters. The van der Waals surface area contributed by atoms with Gasteiger partial charge in [-0.15, -0.1) is 0 Å². The summed E-state index contributed by atoms with van der Waals surface area (Å²) < 4.78 is 34.4. The number of hydrogen-bond acceptors (Lipinski definition) is 3. The van der Waals surface area contributed by atoms with Crippen molar-refractivity contribution in [2.45, 2.75) is 24.7 Å². The number of hydrogen-bond donors (Lipinski definition) is 1. The molecule has 2 rings (SSSR count). The van der Waals surface area contributed by atoms with Crippen LogP contribution in [0.5, 0.6) is 5.75 Å². The second-order valence-corrected chi connectivity index (χ2v) is 8.72. The molecule has 2 aromatic rings. The Kier molecular flexibility index (Phi) is 5.75. The highest BCUT2D eigenvalue weighted by Gasteiger charge is 2.21. The third-order valence-corrected chi connectivity index (χ3v) is 5.86. The standard InChI is InChI=1S/C16H17Br2NO3S/c1-10(2)11-4-6-14(13(18)8-11)19-23(20,21)16-9-12(17)5-7-15(16)22-3/h4-10,19H,1-3H3. The minimum absolute atomic E-state index is 0.0780. The number of anilines is 1.